The van der Waals surface area contributed by atoms with Gasteiger partial charge in [-0.3, -0.25) is 9.59 Å². The number of H-pyrrole nitrogens is 1. The quantitative estimate of drug-likeness (QED) is 0.385. The number of pyridine rings is 2. The lowest BCUT2D eigenvalue weighted by molar-refractivity contribution is -0.138. The molecule has 0 atom stereocenters. The Labute approximate surface area is 231 Å². The van der Waals surface area contributed by atoms with Crippen LogP contribution in [0.5, 0.6) is 0 Å². The molecule has 14 heteroatoms. The summed E-state index contributed by atoms with van der Waals surface area (Å²) in [5, 5.41) is 0. The van der Waals surface area contributed by atoms with Crippen LogP contribution in [-0.2, 0) is 22.2 Å². The second-order valence-corrected chi connectivity index (χ2v) is 12.8. The molecule has 41 heavy (non-hydrogen) atoms. The zero-order chi connectivity index (χ0) is 30.4. The number of nitrogens with zero attached hydrogens (tertiary/aromatic N) is 2. The predicted molar refractivity (Wildman–Crippen MR) is 137 cm³/mol. The van der Waals surface area contributed by atoms with Crippen molar-refractivity contribution in [3.63, 3.8) is 0 Å². The van der Waals surface area contributed by atoms with E-state index in [2.05, 4.69) is 9.97 Å². The van der Waals surface area contributed by atoms with E-state index in [0.29, 0.717) is 12.3 Å². The minimum atomic E-state index is -4.74. The second-order valence-electron chi connectivity index (χ2n) is 10.3. The molecule has 1 N–H and O–H groups in total. The molecule has 3 aromatic rings. The van der Waals surface area contributed by atoms with Gasteiger partial charge in [0.15, 0.2) is 9.84 Å². The highest BCUT2D eigenvalue weighted by Crippen LogP contribution is 2.40. The number of rotatable bonds is 5. The number of hydrogen-bond acceptors (Lipinski definition) is 5. The molecule has 1 fully saturated rings. The number of amides is 1. The maximum Gasteiger partial charge on any atom is 0.417 e. The van der Waals surface area contributed by atoms with Gasteiger partial charge in [0.1, 0.15) is 5.69 Å². The van der Waals surface area contributed by atoms with Crippen molar-refractivity contribution in [2.24, 2.45) is 5.92 Å². The predicted octanol–water partition coefficient (Wildman–Crippen LogP) is 5.58. The number of benzene rings is 1. The van der Waals surface area contributed by atoms with E-state index in [-0.39, 0.29) is 42.8 Å². The van der Waals surface area contributed by atoms with Crippen LogP contribution in [0.1, 0.15) is 48.3 Å². The number of carbonyl (C=O) groups is 1. The van der Waals surface area contributed by atoms with Gasteiger partial charge in [-0.1, -0.05) is 6.07 Å². The molecule has 7 nitrogen and oxygen atoms in total. The largest absolute Gasteiger partial charge is 0.417 e. The third kappa shape index (κ3) is 6.02. The summed E-state index contributed by atoms with van der Waals surface area (Å²) in [6.45, 7) is 2.94. The summed E-state index contributed by atoms with van der Waals surface area (Å²) in [6.07, 6.45) is -7.40. The maximum absolute atomic E-state index is 13.4. The van der Waals surface area contributed by atoms with Crippen molar-refractivity contribution in [1.29, 1.82) is 0 Å². The monoisotopic (exact) mass is 601 g/mol. The van der Waals surface area contributed by atoms with Crippen LogP contribution in [0.2, 0.25) is 0 Å². The number of sulfone groups is 1. The van der Waals surface area contributed by atoms with E-state index in [1.54, 1.807) is 0 Å². The molecule has 220 valence electrons. The van der Waals surface area contributed by atoms with E-state index in [9.17, 15) is 44.3 Å². The molecule has 3 heterocycles. The standard InChI is InChI=1S/C27H25F6N3O4S/c1-25(2,41(39,40)20-5-3-4-18(12-20)26(28,29)30)17-8-10-36(11-9-17)24(38)23-21(16-6-7-22(37)34-14-16)13-19(15-35-23)27(31,32)33/h3-7,12-15,17H,8-11H2,1-2H3,(H,34,37). The minimum absolute atomic E-state index is 0.0405. The van der Waals surface area contributed by atoms with E-state index in [0.717, 1.165) is 30.3 Å². The van der Waals surface area contributed by atoms with Crippen molar-refractivity contribution in [2.75, 3.05) is 13.1 Å². The van der Waals surface area contributed by atoms with Gasteiger partial charge in [-0.05, 0) is 62.9 Å². The first-order valence-corrected chi connectivity index (χ1v) is 13.9. The van der Waals surface area contributed by atoms with Crippen LogP contribution in [0.3, 0.4) is 0 Å². The Balaban J connectivity index is 1.58. The van der Waals surface area contributed by atoms with Crippen molar-refractivity contribution in [1.82, 2.24) is 14.9 Å². The lowest BCUT2D eigenvalue weighted by Crippen LogP contribution is -2.47. The van der Waals surface area contributed by atoms with Crippen LogP contribution >= 0.6 is 0 Å². The lowest BCUT2D eigenvalue weighted by atomic mass is 9.85. The molecule has 1 aliphatic rings. The first-order valence-electron chi connectivity index (χ1n) is 12.4. The number of hydrogen-bond donors (Lipinski definition) is 1. The first kappa shape index (κ1) is 30.3. The number of carbonyl (C=O) groups excluding carboxylic acids is 1. The third-order valence-electron chi connectivity index (χ3n) is 7.44. The molecule has 1 amide bonds. The van der Waals surface area contributed by atoms with Gasteiger partial charge in [0.2, 0.25) is 5.56 Å². The molecule has 0 spiro atoms. The summed E-state index contributed by atoms with van der Waals surface area (Å²) >= 11 is 0. The molecule has 1 aromatic carbocycles. The Morgan fingerprint density at radius 3 is 2.15 bits per heavy atom. The van der Waals surface area contributed by atoms with Crippen molar-refractivity contribution >= 4 is 15.7 Å². The van der Waals surface area contributed by atoms with Gasteiger partial charge in [-0.2, -0.15) is 26.3 Å². The zero-order valence-electron chi connectivity index (χ0n) is 21.8. The SMILES string of the molecule is CC(C)(C1CCN(C(=O)c2ncc(C(F)(F)F)cc2-c2ccc(=O)[nH]c2)CC1)S(=O)(=O)c1cccc(C(F)(F)F)c1. The highest BCUT2D eigenvalue weighted by molar-refractivity contribution is 7.92. The van der Waals surface area contributed by atoms with Gasteiger partial charge in [-0.15, -0.1) is 0 Å². The van der Waals surface area contributed by atoms with E-state index in [1.807, 2.05) is 0 Å². The van der Waals surface area contributed by atoms with Crippen molar-refractivity contribution in [3.05, 3.63) is 82.0 Å². The molecule has 1 saturated heterocycles. The molecule has 0 unspecified atom stereocenters. The highest BCUT2D eigenvalue weighted by Gasteiger charge is 2.45. The summed E-state index contributed by atoms with van der Waals surface area (Å²) in [7, 11) is -4.23. The minimum Gasteiger partial charge on any atom is -0.337 e. The molecule has 1 aliphatic heterocycles. The van der Waals surface area contributed by atoms with Crippen molar-refractivity contribution in [2.45, 2.75) is 48.7 Å². The van der Waals surface area contributed by atoms with E-state index < -0.39 is 60.3 Å². The fraction of sp³-hybridized carbons (Fsp3) is 0.370. The lowest BCUT2D eigenvalue weighted by Gasteiger charge is -2.40. The maximum atomic E-state index is 13.4. The second kappa shape index (κ2) is 10.6. The summed E-state index contributed by atoms with van der Waals surface area (Å²) in [6, 6.07) is 6.66. The fourth-order valence-corrected chi connectivity index (χ4v) is 6.70. The normalized spacial score (nSPS) is 15.7. The van der Waals surface area contributed by atoms with Crippen LogP contribution in [0.25, 0.3) is 11.1 Å². The molecule has 4 rings (SSSR count). The fourth-order valence-electron chi connectivity index (χ4n) is 4.88. The van der Waals surface area contributed by atoms with Crippen LogP contribution in [0, 0.1) is 5.92 Å². The van der Waals surface area contributed by atoms with E-state index >= 15 is 0 Å². The first-order chi connectivity index (χ1) is 18.9. The Bertz CT molecular complexity index is 1600. The van der Waals surface area contributed by atoms with Gasteiger partial charge < -0.3 is 9.88 Å². The topological polar surface area (TPSA) is 100 Å². The zero-order valence-corrected chi connectivity index (χ0v) is 22.6. The van der Waals surface area contributed by atoms with Crippen LogP contribution in [-0.4, -0.2) is 47.0 Å². The van der Waals surface area contributed by atoms with E-state index in [4.69, 9.17) is 0 Å². The van der Waals surface area contributed by atoms with Crippen LogP contribution < -0.4 is 5.56 Å². The Hall–Kier alpha value is -3.68. The van der Waals surface area contributed by atoms with Gasteiger partial charge in [0, 0.05) is 42.7 Å². The number of aromatic amines is 1. The third-order valence-corrected chi connectivity index (χ3v) is 10.0. The summed E-state index contributed by atoms with van der Waals surface area (Å²) < 4.78 is 105. The molecule has 2 aromatic heterocycles. The number of nitrogens with one attached hydrogen (secondary N) is 1. The smallest absolute Gasteiger partial charge is 0.337 e. The Morgan fingerprint density at radius 2 is 1.59 bits per heavy atom. The summed E-state index contributed by atoms with van der Waals surface area (Å²) in [4.78, 5) is 31.9. The van der Waals surface area contributed by atoms with Crippen LogP contribution in [0.15, 0.2) is 64.5 Å². The van der Waals surface area contributed by atoms with Gasteiger partial charge in [0.05, 0.1) is 20.8 Å². The molecule has 0 aliphatic carbocycles. The Morgan fingerprint density at radius 1 is 0.951 bits per heavy atom. The number of halogens is 6. The van der Waals surface area contributed by atoms with Gasteiger partial charge in [0.25, 0.3) is 5.91 Å². The molecule has 0 bridgehead atoms. The molecular weight excluding hydrogens is 576 g/mol. The average Bonchev–Trinajstić information content (AvgIpc) is 2.92. The van der Waals surface area contributed by atoms with Crippen molar-refractivity contribution in [3.8, 4) is 11.1 Å². The highest BCUT2D eigenvalue weighted by atomic mass is 32.2. The van der Waals surface area contributed by atoms with Gasteiger partial charge in [-0.25, -0.2) is 13.4 Å². The number of alkyl halides is 6. The van der Waals surface area contributed by atoms with E-state index in [1.165, 1.54) is 31.0 Å². The summed E-state index contributed by atoms with van der Waals surface area (Å²) in [5.74, 6) is -1.22. The summed E-state index contributed by atoms with van der Waals surface area (Å²) in [5.41, 5.74) is -2.95. The molecular formula is C27H25F6N3O4S. The molecule has 0 radical (unpaired) electrons. The van der Waals surface area contributed by atoms with Crippen molar-refractivity contribution < 1.29 is 39.6 Å². The Kier molecular flexibility index (Phi) is 7.84. The van der Waals surface area contributed by atoms with Crippen LogP contribution in [0.4, 0.5) is 26.3 Å². The number of aromatic nitrogens is 2. The average molecular weight is 602 g/mol. The molecule has 0 saturated carbocycles. The number of piperidine rings is 1. The number of likely N-dealkylation sites (tertiary alicyclic amines) is 1. The van der Waals surface area contributed by atoms with Gasteiger partial charge >= 0.3 is 12.4 Å².